The van der Waals surface area contributed by atoms with E-state index in [1.54, 1.807) is 12.1 Å². The van der Waals surface area contributed by atoms with E-state index in [2.05, 4.69) is 24.2 Å². The van der Waals surface area contributed by atoms with E-state index in [9.17, 15) is 4.39 Å². The lowest BCUT2D eigenvalue weighted by Crippen LogP contribution is -2.37. The number of nitrogens with one attached hydrogen (secondary N) is 1. The van der Waals surface area contributed by atoms with Crippen LogP contribution < -0.4 is 10.2 Å². The number of anilines is 1. The van der Waals surface area contributed by atoms with Gasteiger partial charge in [0.25, 0.3) is 0 Å². The quantitative estimate of drug-likeness (QED) is 0.844. The first-order valence-corrected chi connectivity index (χ1v) is 5.91. The van der Waals surface area contributed by atoms with E-state index in [1.807, 2.05) is 6.07 Å². The first-order valence-electron chi connectivity index (χ1n) is 5.91. The molecule has 1 N–H and O–H groups in total. The molecule has 88 valence electrons. The van der Waals surface area contributed by atoms with Gasteiger partial charge in [0.15, 0.2) is 0 Å². The van der Waals surface area contributed by atoms with E-state index in [0.29, 0.717) is 12.0 Å². The summed E-state index contributed by atoms with van der Waals surface area (Å²) >= 11 is 0. The van der Waals surface area contributed by atoms with Gasteiger partial charge in [0.2, 0.25) is 0 Å². The summed E-state index contributed by atoms with van der Waals surface area (Å²) in [6, 6.07) is 7.30. The number of rotatable bonds is 3. The highest BCUT2D eigenvalue weighted by Gasteiger charge is 2.28. The lowest BCUT2D eigenvalue weighted by atomic mass is 9.99. The van der Waals surface area contributed by atoms with Crippen LogP contribution in [0.3, 0.4) is 0 Å². The van der Waals surface area contributed by atoms with Crippen LogP contribution in [0.2, 0.25) is 0 Å². The van der Waals surface area contributed by atoms with Gasteiger partial charge in [-0.05, 0) is 24.1 Å². The van der Waals surface area contributed by atoms with E-state index in [4.69, 9.17) is 0 Å². The zero-order valence-electron chi connectivity index (χ0n) is 9.91. The SMILES string of the molecule is CCC1CNCC1N(C)c1cccc(F)c1. The molecule has 0 amide bonds. The molecule has 2 unspecified atom stereocenters. The van der Waals surface area contributed by atoms with Crippen molar-refractivity contribution in [3.05, 3.63) is 30.1 Å². The predicted molar refractivity (Wildman–Crippen MR) is 65.2 cm³/mol. The maximum atomic E-state index is 13.2. The van der Waals surface area contributed by atoms with Crippen LogP contribution in [0.1, 0.15) is 13.3 Å². The summed E-state index contributed by atoms with van der Waals surface area (Å²) in [5, 5.41) is 3.40. The topological polar surface area (TPSA) is 15.3 Å². The first-order chi connectivity index (χ1) is 7.72. The zero-order chi connectivity index (χ0) is 11.5. The smallest absolute Gasteiger partial charge is 0.125 e. The molecule has 0 bridgehead atoms. The highest BCUT2D eigenvalue weighted by Crippen LogP contribution is 2.24. The molecule has 16 heavy (non-hydrogen) atoms. The molecule has 1 heterocycles. The zero-order valence-corrected chi connectivity index (χ0v) is 9.91. The van der Waals surface area contributed by atoms with Crippen LogP contribution in [0.4, 0.5) is 10.1 Å². The van der Waals surface area contributed by atoms with Gasteiger partial charge in [-0.2, -0.15) is 0 Å². The van der Waals surface area contributed by atoms with Crippen LogP contribution in [-0.4, -0.2) is 26.2 Å². The molecule has 2 nitrogen and oxygen atoms in total. The van der Waals surface area contributed by atoms with Gasteiger partial charge < -0.3 is 10.2 Å². The Morgan fingerprint density at radius 2 is 2.25 bits per heavy atom. The molecule has 2 rings (SSSR count). The second-order valence-corrected chi connectivity index (χ2v) is 4.48. The Labute approximate surface area is 96.5 Å². The molecule has 0 radical (unpaired) electrons. The molecular weight excluding hydrogens is 203 g/mol. The number of likely N-dealkylation sites (N-methyl/N-ethyl adjacent to an activating group) is 1. The minimum atomic E-state index is -0.164. The molecule has 3 heteroatoms. The van der Waals surface area contributed by atoms with Gasteiger partial charge in [0, 0.05) is 31.9 Å². The summed E-state index contributed by atoms with van der Waals surface area (Å²) in [7, 11) is 2.05. The second-order valence-electron chi connectivity index (χ2n) is 4.48. The summed E-state index contributed by atoms with van der Waals surface area (Å²) in [6.45, 7) is 4.27. The van der Waals surface area contributed by atoms with Crippen LogP contribution in [0, 0.1) is 11.7 Å². The van der Waals surface area contributed by atoms with Crippen molar-refractivity contribution < 1.29 is 4.39 Å². The number of benzene rings is 1. The Morgan fingerprint density at radius 3 is 2.94 bits per heavy atom. The molecule has 1 aliphatic rings. The fourth-order valence-electron chi connectivity index (χ4n) is 2.48. The van der Waals surface area contributed by atoms with E-state index < -0.39 is 0 Å². The third kappa shape index (κ3) is 2.19. The van der Waals surface area contributed by atoms with Crippen LogP contribution in [0.5, 0.6) is 0 Å². The molecule has 0 spiro atoms. The second kappa shape index (κ2) is 4.83. The Hall–Kier alpha value is -1.09. The fraction of sp³-hybridized carbons (Fsp3) is 0.538. The van der Waals surface area contributed by atoms with Crippen LogP contribution >= 0.6 is 0 Å². The molecular formula is C13H19FN2. The summed E-state index contributed by atoms with van der Waals surface area (Å²) in [6.07, 6.45) is 1.16. The van der Waals surface area contributed by atoms with Gasteiger partial charge in [0.1, 0.15) is 5.82 Å². The van der Waals surface area contributed by atoms with Gasteiger partial charge in [0.05, 0.1) is 0 Å². The Bertz CT molecular complexity index is 354. The van der Waals surface area contributed by atoms with Gasteiger partial charge in [-0.25, -0.2) is 4.39 Å². The van der Waals surface area contributed by atoms with Crippen molar-refractivity contribution in [2.45, 2.75) is 19.4 Å². The van der Waals surface area contributed by atoms with E-state index in [0.717, 1.165) is 25.2 Å². The predicted octanol–water partition coefficient (Wildman–Crippen LogP) is 2.26. The van der Waals surface area contributed by atoms with Gasteiger partial charge in [-0.3, -0.25) is 0 Å². The normalized spacial score (nSPS) is 24.7. The first kappa shape index (κ1) is 11.4. The number of nitrogens with zero attached hydrogens (tertiary/aromatic N) is 1. The fourth-order valence-corrected chi connectivity index (χ4v) is 2.48. The molecule has 1 aromatic carbocycles. The maximum absolute atomic E-state index is 13.2. The van der Waals surface area contributed by atoms with E-state index >= 15 is 0 Å². The Kier molecular flexibility index (Phi) is 3.44. The lowest BCUT2D eigenvalue weighted by Gasteiger charge is -2.30. The molecule has 2 atom stereocenters. The van der Waals surface area contributed by atoms with E-state index in [1.165, 1.54) is 6.07 Å². The van der Waals surface area contributed by atoms with E-state index in [-0.39, 0.29) is 5.82 Å². The van der Waals surface area contributed by atoms with Crippen molar-refractivity contribution >= 4 is 5.69 Å². The number of hydrogen-bond donors (Lipinski definition) is 1. The summed E-state index contributed by atoms with van der Waals surface area (Å²) in [5.74, 6) is 0.497. The molecule has 0 aliphatic carbocycles. The number of halogens is 1. The Morgan fingerprint density at radius 1 is 1.44 bits per heavy atom. The van der Waals surface area contributed by atoms with Crippen molar-refractivity contribution in [2.75, 3.05) is 25.0 Å². The third-order valence-electron chi connectivity index (χ3n) is 3.54. The van der Waals surface area contributed by atoms with Gasteiger partial charge >= 0.3 is 0 Å². The molecule has 1 aliphatic heterocycles. The highest BCUT2D eigenvalue weighted by molar-refractivity contribution is 5.47. The standard InChI is InChI=1S/C13H19FN2/c1-3-10-8-15-9-13(10)16(2)12-6-4-5-11(14)7-12/h4-7,10,13,15H,3,8-9H2,1-2H3. The highest BCUT2D eigenvalue weighted by atomic mass is 19.1. The summed E-state index contributed by atoms with van der Waals surface area (Å²) in [4.78, 5) is 2.19. The third-order valence-corrected chi connectivity index (χ3v) is 3.54. The monoisotopic (exact) mass is 222 g/mol. The van der Waals surface area contributed by atoms with Crippen molar-refractivity contribution in [1.82, 2.24) is 5.32 Å². The maximum Gasteiger partial charge on any atom is 0.125 e. The van der Waals surface area contributed by atoms with Crippen molar-refractivity contribution in [3.63, 3.8) is 0 Å². The van der Waals surface area contributed by atoms with Crippen LogP contribution in [0.15, 0.2) is 24.3 Å². The molecule has 0 saturated carbocycles. The van der Waals surface area contributed by atoms with Gasteiger partial charge in [-0.1, -0.05) is 19.4 Å². The number of hydrogen-bond acceptors (Lipinski definition) is 2. The summed E-state index contributed by atoms with van der Waals surface area (Å²) < 4.78 is 13.2. The Balaban J connectivity index is 2.15. The largest absolute Gasteiger partial charge is 0.370 e. The van der Waals surface area contributed by atoms with Crippen LogP contribution in [0.25, 0.3) is 0 Å². The van der Waals surface area contributed by atoms with Crippen molar-refractivity contribution in [3.8, 4) is 0 Å². The minimum absolute atomic E-state index is 0.164. The van der Waals surface area contributed by atoms with Crippen molar-refractivity contribution in [1.29, 1.82) is 0 Å². The molecule has 1 aromatic rings. The molecule has 1 fully saturated rings. The van der Waals surface area contributed by atoms with Crippen LogP contribution in [-0.2, 0) is 0 Å². The molecule has 1 saturated heterocycles. The average molecular weight is 222 g/mol. The van der Waals surface area contributed by atoms with Crippen molar-refractivity contribution in [2.24, 2.45) is 5.92 Å². The molecule has 0 aromatic heterocycles. The lowest BCUT2D eigenvalue weighted by molar-refractivity contribution is 0.481. The minimum Gasteiger partial charge on any atom is -0.370 e. The van der Waals surface area contributed by atoms with Gasteiger partial charge in [-0.15, -0.1) is 0 Å². The summed E-state index contributed by atoms with van der Waals surface area (Å²) in [5.41, 5.74) is 0.965. The average Bonchev–Trinajstić information content (AvgIpc) is 2.76.